The van der Waals surface area contributed by atoms with Crippen LogP contribution in [0.1, 0.15) is 38.5 Å². The number of allylic oxidation sites excluding steroid dienone is 4. The molecule has 0 saturated heterocycles. The zero-order chi connectivity index (χ0) is 10.5. The van der Waals surface area contributed by atoms with Crippen LogP contribution >= 0.6 is 0 Å². The van der Waals surface area contributed by atoms with Crippen molar-refractivity contribution in [1.82, 2.24) is 0 Å². The van der Waals surface area contributed by atoms with E-state index in [0.29, 0.717) is 0 Å². The van der Waals surface area contributed by atoms with E-state index >= 15 is 0 Å². The predicted octanol–water partition coefficient (Wildman–Crippen LogP) is 1.75. The molecule has 2 heterocycles. The Labute approximate surface area is 122 Å². The summed E-state index contributed by atoms with van der Waals surface area (Å²) < 4.78 is 11.8. The van der Waals surface area contributed by atoms with Crippen molar-refractivity contribution >= 4 is 59.8 Å². The van der Waals surface area contributed by atoms with Crippen molar-refractivity contribution in [2.45, 2.75) is 38.5 Å². The first-order valence-electron chi connectivity index (χ1n) is 5.80. The molecule has 4 aliphatic rings. The normalized spacial score (nSPS) is 28.5. The van der Waals surface area contributed by atoms with Gasteiger partial charge in [-0.05, 0) is 0 Å². The second-order valence-electron chi connectivity index (χ2n) is 4.38. The van der Waals surface area contributed by atoms with Crippen molar-refractivity contribution in [2.75, 3.05) is 0 Å². The minimum absolute atomic E-state index is 0.838. The average molecular weight is 472 g/mol. The van der Waals surface area contributed by atoms with Crippen LogP contribution in [0.5, 0.6) is 0 Å². The Morgan fingerprint density at radius 2 is 0.812 bits per heavy atom. The summed E-state index contributed by atoms with van der Waals surface area (Å²) >= 11 is 3.35. The van der Waals surface area contributed by atoms with E-state index in [0.717, 1.165) is 59.8 Å². The Morgan fingerprint density at radius 1 is 0.500 bits per heavy atom. The first-order valence-corrected chi connectivity index (χ1v) is 12.6. The van der Waals surface area contributed by atoms with Crippen LogP contribution in [0.3, 0.4) is 0 Å². The molecule has 0 aromatic carbocycles. The van der Waals surface area contributed by atoms with Crippen molar-refractivity contribution in [2.24, 2.45) is 0 Å². The molecule has 4 heteroatoms. The molecule has 0 N–H and O–H groups in total. The maximum absolute atomic E-state index is 2.01. The van der Waals surface area contributed by atoms with Crippen LogP contribution in [0.4, 0.5) is 0 Å². The van der Waals surface area contributed by atoms with Crippen LogP contribution in [0.15, 0.2) is 24.6 Å². The Balaban J connectivity index is 1.56. The zero-order valence-corrected chi connectivity index (χ0v) is 15.7. The summed E-state index contributed by atoms with van der Waals surface area (Å²) in [4.78, 5) is 0. The molecule has 0 atom stereocenters. The van der Waals surface area contributed by atoms with Gasteiger partial charge in [-0.25, -0.2) is 0 Å². The van der Waals surface area contributed by atoms with Gasteiger partial charge in [-0.2, -0.15) is 0 Å². The Hall–Kier alpha value is 1.30. The van der Waals surface area contributed by atoms with Gasteiger partial charge in [0.2, 0.25) is 0 Å². The molecule has 0 radical (unpaired) electrons. The third-order valence-electron chi connectivity index (χ3n) is 3.27. The van der Waals surface area contributed by atoms with Crippen molar-refractivity contribution in [3.63, 3.8) is 0 Å². The van der Waals surface area contributed by atoms with Gasteiger partial charge in [0.1, 0.15) is 0 Å². The molecule has 0 aromatic heterocycles. The SMILES string of the molecule is C1CC2=C(C1)[Se]C(=C1[Se]C3=C(CCC3)[Se]1)[Se]2. The van der Waals surface area contributed by atoms with Gasteiger partial charge >= 0.3 is 123 Å². The number of hydrogen-bond donors (Lipinski definition) is 0. The van der Waals surface area contributed by atoms with E-state index in [4.69, 9.17) is 0 Å². The first kappa shape index (κ1) is 11.2. The van der Waals surface area contributed by atoms with E-state index in [-0.39, 0.29) is 0 Å². The van der Waals surface area contributed by atoms with Gasteiger partial charge < -0.3 is 0 Å². The fourth-order valence-corrected chi connectivity index (χ4v) is 19.8. The molecule has 2 aliphatic carbocycles. The Kier molecular flexibility index (Phi) is 3.10. The van der Waals surface area contributed by atoms with Crippen LogP contribution in [-0.2, 0) is 0 Å². The molecule has 0 spiro atoms. The van der Waals surface area contributed by atoms with Crippen LogP contribution in [0.2, 0.25) is 0 Å². The van der Waals surface area contributed by atoms with Crippen LogP contribution in [0, 0.1) is 0 Å². The summed E-state index contributed by atoms with van der Waals surface area (Å²) in [5.74, 6) is 0. The molecular weight excluding hydrogens is 460 g/mol. The zero-order valence-electron chi connectivity index (χ0n) is 8.88. The summed E-state index contributed by atoms with van der Waals surface area (Å²) in [5, 5.41) is 0. The second kappa shape index (κ2) is 4.44. The molecule has 0 amide bonds. The van der Waals surface area contributed by atoms with E-state index in [2.05, 4.69) is 0 Å². The fraction of sp³-hybridized carbons (Fsp3) is 0.500. The topological polar surface area (TPSA) is 0 Å². The van der Waals surface area contributed by atoms with Gasteiger partial charge in [-0.1, -0.05) is 0 Å². The Bertz CT molecular complexity index is 378. The van der Waals surface area contributed by atoms with E-state index in [1.165, 1.54) is 38.5 Å². The van der Waals surface area contributed by atoms with Crippen LogP contribution < -0.4 is 0 Å². The van der Waals surface area contributed by atoms with Crippen molar-refractivity contribution < 1.29 is 0 Å². The van der Waals surface area contributed by atoms with Crippen molar-refractivity contribution in [3.05, 3.63) is 24.6 Å². The standard InChI is InChI=1S/C12H12Se4/c1-3-7-8(4-1)14-11(13-7)12-15-9-5-2-6-10(9)16-12/h1-6H2. The molecule has 2 aliphatic heterocycles. The van der Waals surface area contributed by atoms with Gasteiger partial charge in [0.25, 0.3) is 0 Å². The van der Waals surface area contributed by atoms with Crippen LogP contribution in [-0.4, -0.2) is 59.8 Å². The summed E-state index contributed by atoms with van der Waals surface area (Å²) in [5.41, 5.74) is 0. The number of hydrogen-bond acceptors (Lipinski definition) is 0. The van der Waals surface area contributed by atoms with Gasteiger partial charge in [-0.3, -0.25) is 0 Å². The average Bonchev–Trinajstić information content (AvgIpc) is 2.94. The van der Waals surface area contributed by atoms with Gasteiger partial charge in [0.15, 0.2) is 0 Å². The molecule has 16 heavy (non-hydrogen) atoms. The van der Waals surface area contributed by atoms with Crippen molar-refractivity contribution in [1.29, 1.82) is 0 Å². The molecule has 4 rings (SSSR count). The third-order valence-corrected chi connectivity index (χ3v) is 19.9. The summed E-state index contributed by atoms with van der Waals surface area (Å²) in [6.45, 7) is 0. The molecule has 0 aromatic rings. The van der Waals surface area contributed by atoms with Gasteiger partial charge in [-0.15, -0.1) is 0 Å². The van der Waals surface area contributed by atoms with E-state index in [1.807, 2.05) is 24.6 Å². The van der Waals surface area contributed by atoms with Crippen molar-refractivity contribution in [3.8, 4) is 0 Å². The molecule has 0 nitrogen and oxygen atoms in total. The van der Waals surface area contributed by atoms with Gasteiger partial charge in [0.05, 0.1) is 0 Å². The molecular formula is C12H12Se4. The first-order chi connectivity index (χ1) is 7.90. The molecule has 0 bridgehead atoms. The maximum atomic E-state index is 2.01. The molecule has 0 unspecified atom stereocenters. The predicted molar refractivity (Wildman–Crippen MR) is 71.8 cm³/mol. The summed E-state index contributed by atoms with van der Waals surface area (Å²) in [6, 6.07) is 0. The fourth-order valence-electron chi connectivity index (χ4n) is 2.46. The quantitative estimate of drug-likeness (QED) is 0.472. The van der Waals surface area contributed by atoms with Gasteiger partial charge in [0, 0.05) is 0 Å². The third kappa shape index (κ3) is 1.83. The van der Waals surface area contributed by atoms with E-state index in [9.17, 15) is 0 Å². The Morgan fingerprint density at radius 3 is 1.12 bits per heavy atom. The minimum atomic E-state index is 0.838. The molecule has 0 fully saturated rings. The summed E-state index contributed by atoms with van der Waals surface area (Å²) in [7, 11) is 0. The van der Waals surface area contributed by atoms with E-state index in [1.54, 1.807) is 0 Å². The second-order valence-corrected chi connectivity index (χ2v) is 16.3. The molecule has 84 valence electrons. The van der Waals surface area contributed by atoms with E-state index < -0.39 is 0 Å². The summed E-state index contributed by atoms with van der Waals surface area (Å²) in [6.07, 6.45) is 8.87. The molecule has 0 saturated carbocycles. The van der Waals surface area contributed by atoms with Crippen LogP contribution in [0.25, 0.3) is 0 Å². The monoisotopic (exact) mass is 476 g/mol. The number of rotatable bonds is 0.